The molecule has 1 aliphatic heterocycles. The molecule has 0 aliphatic carbocycles. The van der Waals surface area contributed by atoms with Gasteiger partial charge in [0.05, 0.1) is 17.6 Å². The van der Waals surface area contributed by atoms with Crippen molar-refractivity contribution in [1.82, 2.24) is 14.9 Å². The molecule has 1 atom stereocenters. The highest BCUT2D eigenvalue weighted by atomic mass is 16.5. The summed E-state index contributed by atoms with van der Waals surface area (Å²) in [6, 6.07) is 17.4. The van der Waals surface area contributed by atoms with Crippen molar-refractivity contribution in [3.63, 3.8) is 0 Å². The van der Waals surface area contributed by atoms with E-state index < -0.39 is 0 Å². The molecular weight excluding hydrogens is 390 g/mol. The predicted molar refractivity (Wildman–Crippen MR) is 120 cm³/mol. The second kappa shape index (κ2) is 10.4. The Hall–Kier alpha value is -2.99. The smallest absolute Gasteiger partial charge is 0.249 e. The van der Waals surface area contributed by atoms with Crippen molar-refractivity contribution in [2.75, 3.05) is 13.2 Å². The number of nitrogens with one attached hydrogen (secondary N) is 1. The maximum Gasteiger partial charge on any atom is 0.249 e. The molecule has 2 heterocycles. The minimum atomic E-state index is -0.262. The standard InChI is InChI=1S/C25H29N3O3/c29-22(19-10-3-1-4-11-19)18-28-21-13-7-6-12-20(21)27-24(28)15-5-2-8-16-26-25(30)23-14-9-17-31-23/h1,3-4,6-7,10-13,23H,2,5,8-9,14-18H2,(H,26,30). The van der Waals surface area contributed by atoms with E-state index in [4.69, 9.17) is 9.72 Å². The van der Waals surface area contributed by atoms with Gasteiger partial charge in [0.2, 0.25) is 5.91 Å². The minimum Gasteiger partial charge on any atom is -0.368 e. The van der Waals surface area contributed by atoms with Gasteiger partial charge >= 0.3 is 0 Å². The summed E-state index contributed by atoms with van der Waals surface area (Å²) in [5.74, 6) is 1.04. The maximum absolute atomic E-state index is 12.8. The predicted octanol–water partition coefficient (Wildman–Crippen LogP) is 3.93. The quantitative estimate of drug-likeness (QED) is 0.399. The zero-order valence-electron chi connectivity index (χ0n) is 17.8. The number of imidazole rings is 1. The Morgan fingerprint density at radius 2 is 1.84 bits per heavy atom. The summed E-state index contributed by atoms with van der Waals surface area (Å²) in [4.78, 5) is 29.6. The summed E-state index contributed by atoms with van der Waals surface area (Å²) in [5, 5.41) is 2.97. The van der Waals surface area contributed by atoms with Crippen LogP contribution in [0.4, 0.5) is 0 Å². The molecule has 1 amide bonds. The molecule has 1 fully saturated rings. The van der Waals surface area contributed by atoms with Gasteiger partial charge in [-0.2, -0.15) is 0 Å². The third kappa shape index (κ3) is 5.39. The summed E-state index contributed by atoms with van der Waals surface area (Å²) in [7, 11) is 0. The van der Waals surface area contributed by atoms with E-state index in [2.05, 4.69) is 5.32 Å². The number of hydrogen-bond acceptors (Lipinski definition) is 4. The fourth-order valence-corrected chi connectivity index (χ4v) is 4.05. The van der Waals surface area contributed by atoms with Gasteiger partial charge in [-0.15, -0.1) is 0 Å². The number of aryl methyl sites for hydroxylation is 1. The number of unbranched alkanes of at least 4 members (excludes halogenated alkanes) is 2. The fraction of sp³-hybridized carbons (Fsp3) is 0.400. The first-order valence-corrected chi connectivity index (χ1v) is 11.1. The van der Waals surface area contributed by atoms with E-state index in [-0.39, 0.29) is 24.3 Å². The average Bonchev–Trinajstić information content (AvgIpc) is 3.45. The molecule has 31 heavy (non-hydrogen) atoms. The molecule has 3 aromatic rings. The molecule has 1 aliphatic rings. The van der Waals surface area contributed by atoms with E-state index in [9.17, 15) is 9.59 Å². The van der Waals surface area contributed by atoms with E-state index >= 15 is 0 Å². The molecule has 0 radical (unpaired) electrons. The van der Waals surface area contributed by atoms with Crippen LogP contribution in [0.2, 0.25) is 0 Å². The van der Waals surface area contributed by atoms with Crippen LogP contribution < -0.4 is 5.32 Å². The van der Waals surface area contributed by atoms with E-state index in [1.165, 1.54) is 0 Å². The van der Waals surface area contributed by atoms with Crippen LogP contribution in [0, 0.1) is 0 Å². The Balaban J connectivity index is 1.32. The summed E-state index contributed by atoms with van der Waals surface area (Å²) >= 11 is 0. The fourth-order valence-electron chi connectivity index (χ4n) is 4.05. The van der Waals surface area contributed by atoms with Crippen molar-refractivity contribution in [2.24, 2.45) is 0 Å². The molecule has 6 nitrogen and oxygen atoms in total. The Labute approximate surface area is 182 Å². The van der Waals surface area contributed by atoms with E-state index in [0.29, 0.717) is 18.7 Å². The van der Waals surface area contributed by atoms with Gasteiger partial charge in [0.25, 0.3) is 0 Å². The number of hydrogen-bond donors (Lipinski definition) is 1. The molecule has 0 spiro atoms. The number of nitrogens with zero attached hydrogens (tertiary/aromatic N) is 2. The van der Waals surface area contributed by atoms with Crippen molar-refractivity contribution in [3.8, 4) is 0 Å². The Kier molecular flexibility index (Phi) is 7.10. The largest absolute Gasteiger partial charge is 0.368 e. The number of benzene rings is 2. The third-order valence-corrected chi connectivity index (χ3v) is 5.73. The van der Waals surface area contributed by atoms with Crippen molar-refractivity contribution < 1.29 is 14.3 Å². The maximum atomic E-state index is 12.8. The van der Waals surface area contributed by atoms with Gasteiger partial charge in [-0.1, -0.05) is 48.9 Å². The second-order valence-electron chi connectivity index (χ2n) is 8.00. The number of Topliss-reactive ketones (excluding diaryl/α,β-unsaturated/α-hetero) is 1. The van der Waals surface area contributed by atoms with Crippen molar-refractivity contribution >= 4 is 22.7 Å². The molecule has 1 unspecified atom stereocenters. The lowest BCUT2D eigenvalue weighted by molar-refractivity contribution is -0.130. The second-order valence-corrected chi connectivity index (χ2v) is 8.00. The van der Waals surface area contributed by atoms with Crippen LogP contribution in [0.15, 0.2) is 54.6 Å². The number of ether oxygens (including phenoxy) is 1. The molecule has 162 valence electrons. The monoisotopic (exact) mass is 419 g/mol. The first kappa shape index (κ1) is 21.2. The van der Waals surface area contributed by atoms with Gasteiger partial charge in [-0.05, 0) is 37.8 Å². The number of ketones is 1. The van der Waals surface area contributed by atoms with Gasteiger partial charge in [0.15, 0.2) is 5.78 Å². The molecule has 0 saturated carbocycles. The van der Waals surface area contributed by atoms with Crippen molar-refractivity contribution in [1.29, 1.82) is 0 Å². The molecule has 1 aromatic heterocycles. The Morgan fingerprint density at radius 1 is 1.03 bits per heavy atom. The SMILES string of the molecule is O=C(Cn1c(CCCCCNC(=O)C2CCCO2)nc2ccccc21)c1ccccc1. The zero-order valence-corrected chi connectivity index (χ0v) is 17.8. The van der Waals surface area contributed by atoms with Crippen molar-refractivity contribution in [3.05, 3.63) is 66.0 Å². The van der Waals surface area contributed by atoms with Gasteiger partial charge in [-0.3, -0.25) is 9.59 Å². The van der Waals surface area contributed by atoms with Gasteiger partial charge < -0.3 is 14.6 Å². The zero-order chi connectivity index (χ0) is 21.5. The number of carbonyl (C=O) groups is 2. The molecule has 1 N–H and O–H groups in total. The number of amides is 1. The van der Waals surface area contributed by atoms with Gasteiger partial charge in [0.1, 0.15) is 11.9 Å². The van der Waals surface area contributed by atoms with Crippen LogP contribution in [0.3, 0.4) is 0 Å². The number of fused-ring (bicyclic) bond motifs is 1. The number of carbonyl (C=O) groups excluding carboxylic acids is 2. The molecule has 4 rings (SSSR count). The van der Waals surface area contributed by atoms with Crippen LogP contribution in [-0.4, -0.2) is 40.5 Å². The summed E-state index contributed by atoms with van der Waals surface area (Å²) in [6.07, 6.45) is 5.19. The van der Waals surface area contributed by atoms with Crippen LogP contribution in [0.1, 0.15) is 48.3 Å². The normalized spacial score (nSPS) is 15.9. The minimum absolute atomic E-state index is 0.0127. The Bertz CT molecular complexity index is 1020. The van der Waals surface area contributed by atoms with Crippen LogP contribution in [-0.2, 0) is 22.5 Å². The van der Waals surface area contributed by atoms with E-state index in [1.807, 2.05) is 59.2 Å². The Morgan fingerprint density at radius 3 is 2.65 bits per heavy atom. The summed E-state index contributed by atoms with van der Waals surface area (Å²) in [6.45, 7) is 1.64. The highest BCUT2D eigenvalue weighted by molar-refractivity contribution is 5.96. The highest BCUT2D eigenvalue weighted by Gasteiger charge is 2.22. The van der Waals surface area contributed by atoms with Gasteiger partial charge in [0, 0.05) is 25.1 Å². The summed E-state index contributed by atoms with van der Waals surface area (Å²) in [5.41, 5.74) is 2.63. The lowest BCUT2D eigenvalue weighted by Crippen LogP contribution is -2.34. The molecule has 0 bridgehead atoms. The molecule has 2 aromatic carbocycles. The third-order valence-electron chi connectivity index (χ3n) is 5.73. The summed E-state index contributed by atoms with van der Waals surface area (Å²) < 4.78 is 7.45. The van der Waals surface area contributed by atoms with Crippen LogP contribution in [0.25, 0.3) is 11.0 Å². The lowest BCUT2D eigenvalue weighted by atomic mass is 10.1. The average molecular weight is 420 g/mol. The van der Waals surface area contributed by atoms with Gasteiger partial charge in [-0.25, -0.2) is 4.98 Å². The topological polar surface area (TPSA) is 73.2 Å². The van der Waals surface area contributed by atoms with E-state index in [0.717, 1.165) is 55.4 Å². The number of aromatic nitrogens is 2. The molecule has 1 saturated heterocycles. The molecule has 6 heteroatoms. The van der Waals surface area contributed by atoms with Crippen LogP contribution >= 0.6 is 0 Å². The first-order chi connectivity index (χ1) is 15.2. The first-order valence-electron chi connectivity index (χ1n) is 11.1. The van der Waals surface area contributed by atoms with E-state index in [1.54, 1.807) is 0 Å². The molecular formula is C25H29N3O3. The number of rotatable bonds is 10. The highest BCUT2D eigenvalue weighted by Crippen LogP contribution is 2.19. The van der Waals surface area contributed by atoms with Crippen LogP contribution in [0.5, 0.6) is 0 Å². The van der Waals surface area contributed by atoms with Crippen molar-refractivity contribution in [2.45, 2.75) is 51.2 Å². The lowest BCUT2D eigenvalue weighted by Gasteiger charge is -2.11. The number of para-hydroxylation sites is 2.